The van der Waals surface area contributed by atoms with Crippen molar-refractivity contribution in [3.05, 3.63) is 24.3 Å². The van der Waals surface area contributed by atoms with Crippen LogP contribution in [0.3, 0.4) is 0 Å². The lowest BCUT2D eigenvalue weighted by molar-refractivity contribution is -0.131. The third-order valence-electron chi connectivity index (χ3n) is 5.65. The molecule has 24 heavy (non-hydrogen) atoms. The van der Waals surface area contributed by atoms with Gasteiger partial charge in [-0.25, -0.2) is 0 Å². The molecule has 1 N–H and O–H groups in total. The molecule has 0 bridgehead atoms. The lowest BCUT2D eigenvalue weighted by atomic mass is 9.92. The van der Waals surface area contributed by atoms with Gasteiger partial charge in [-0.15, -0.1) is 0 Å². The van der Waals surface area contributed by atoms with Gasteiger partial charge in [-0.2, -0.15) is 0 Å². The topological polar surface area (TPSA) is 52.7 Å². The number of nitrogens with one attached hydrogen (secondary N) is 1. The first-order chi connectivity index (χ1) is 11.7. The minimum absolute atomic E-state index is 0.0286. The fraction of sp³-hybridized carbons (Fsp3) is 0.579. The van der Waals surface area contributed by atoms with E-state index < -0.39 is 0 Å². The normalized spacial score (nSPS) is 24.3. The second-order valence-corrected chi connectivity index (χ2v) is 7.26. The summed E-state index contributed by atoms with van der Waals surface area (Å²) in [5.41, 5.74) is 2.04. The molecule has 5 nitrogen and oxygen atoms in total. The molecule has 1 aliphatic carbocycles. The molecule has 2 saturated heterocycles. The highest BCUT2D eigenvalue weighted by atomic mass is 16.2. The van der Waals surface area contributed by atoms with E-state index in [9.17, 15) is 9.59 Å². The number of carbonyl (C=O) groups excluding carboxylic acids is 2. The summed E-state index contributed by atoms with van der Waals surface area (Å²) in [6.07, 6.45) is 6.26. The van der Waals surface area contributed by atoms with E-state index in [2.05, 4.69) is 22.3 Å². The lowest BCUT2D eigenvalue weighted by Crippen LogP contribution is -2.41. The van der Waals surface area contributed by atoms with E-state index in [1.165, 1.54) is 24.9 Å². The maximum absolute atomic E-state index is 12.5. The van der Waals surface area contributed by atoms with E-state index in [0.29, 0.717) is 19.0 Å². The fourth-order valence-corrected chi connectivity index (χ4v) is 3.93. The van der Waals surface area contributed by atoms with Gasteiger partial charge in [0.25, 0.3) is 0 Å². The summed E-state index contributed by atoms with van der Waals surface area (Å²) in [6, 6.07) is 8.45. The molecule has 4 rings (SSSR count). The first kappa shape index (κ1) is 15.5. The third-order valence-corrected chi connectivity index (χ3v) is 5.65. The Labute approximate surface area is 143 Å². The van der Waals surface area contributed by atoms with Gasteiger partial charge in [-0.3, -0.25) is 9.59 Å². The van der Waals surface area contributed by atoms with Crippen molar-refractivity contribution in [2.75, 3.05) is 29.9 Å². The molecule has 3 aliphatic rings. The second kappa shape index (κ2) is 6.46. The van der Waals surface area contributed by atoms with Crippen LogP contribution in [0, 0.1) is 5.92 Å². The monoisotopic (exact) mass is 327 g/mol. The second-order valence-electron chi connectivity index (χ2n) is 7.26. The average Bonchev–Trinajstić information content (AvgIpc) is 3.17. The number of amides is 2. The largest absolute Gasteiger partial charge is 0.372 e. The summed E-state index contributed by atoms with van der Waals surface area (Å²) in [5, 5.41) is 2.98. The number of hydrogen-bond acceptors (Lipinski definition) is 3. The predicted molar refractivity (Wildman–Crippen MR) is 94.0 cm³/mol. The Balaban J connectivity index is 1.34. The van der Waals surface area contributed by atoms with E-state index in [0.717, 1.165) is 31.6 Å². The molecule has 0 spiro atoms. The molecule has 128 valence electrons. The Bertz CT molecular complexity index is 618. The van der Waals surface area contributed by atoms with Crippen LogP contribution in [0.15, 0.2) is 24.3 Å². The van der Waals surface area contributed by atoms with Gasteiger partial charge in [0.05, 0.1) is 5.92 Å². The quantitative estimate of drug-likeness (QED) is 0.925. The lowest BCUT2D eigenvalue weighted by Gasteiger charge is -2.34. The van der Waals surface area contributed by atoms with Gasteiger partial charge < -0.3 is 15.1 Å². The minimum atomic E-state index is -0.212. The zero-order valence-electron chi connectivity index (χ0n) is 14.0. The van der Waals surface area contributed by atoms with Gasteiger partial charge in [-0.1, -0.05) is 0 Å². The number of benzene rings is 1. The summed E-state index contributed by atoms with van der Waals surface area (Å²) in [6.45, 7) is 2.82. The molecule has 0 aromatic heterocycles. The van der Waals surface area contributed by atoms with Crippen molar-refractivity contribution in [2.24, 2.45) is 5.92 Å². The highest BCUT2D eigenvalue weighted by molar-refractivity contribution is 5.97. The molecule has 2 heterocycles. The molecule has 0 radical (unpaired) electrons. The maximum atomic E-state index is 12.5. The van der Waals surface area contributed by atoms with Gasteiger partial charge in [-0.05, 0) is 56.4 Å². The Morgan fingerprint density at radius 3 is 2.38 bits per heavy atom. The van der Waals surface area contributed by atoms with Gasteiger partial charge in [0.15, 0.2) is 0 Å². The third kappa shape index (κ3) is 2.99. The summed E-state index contributed by atoms with van der Waals surface area (Å²) in [7, 11) is 0. The molecule has 1 saturated carbocycles. The number of nitrogens with zero attached hydrogens (tertiary/aromatic N) is 2. The van der Waals surface area contributed by atoms with E-state index in [1.807, 2.05) is 17.0 Å². The molecule has 1 unspecified atom stereocenters. The number of hydrogen-bond donors (Lipinski definition) is 1. The van der Waals surface area contributed by atoms with Crippen LogP contribution in [-0.2, 0) is 9.59 Å². The van der Waals surface area contributed by atoms with Crippen molar-refractivity contribution in [1.82, 2.24) is 4.90 Å². The van der Waals surface area contributed by atoms with Crippen molar-refractivity contribution in [3.8, 4) is 0 Å². The number of carbonyl (C=O) groups is 2. The molecule has 5 heteroatoms. The van der Waals surface area contributed by atoms with Crippen LogP contribution in [0.1, 0.15) is 38.5 Å². The predicted octanol–water partition coefficient (Wildman–Crippen LogP) is 2.63. The van der Waals surface area contributed by atoms with Gasteiger partial charge >= 0.3 is 0 Å². The minimum Gasteiger partial charge on any atom is -0.372 e. The summed E-state index contributed by atoms with van der Waals surface area (Å²) in [4.78, 5) is 28.9. The molecule has 2 aliphatic heterocycles. The Morgan fingerprint density at radius 2 is 1.75 bits per heavy atom. The standard InChI is InChI=1S/C19H25N3O2/c23-18-12-14(13-22(18)17-4-3-5-17)19(24)20-15-6-8-16(9-7-15)21-10-1-2-11-21/h6-9,14,17H,1-5,10-13H2,(H,20,24). The van der Waals surface area contributed by atoms with Crippen LogP contribution in [0.25, 0.3) is 0 Å². The van der Waals surface area contributed by atoms with Crippen LogP contribution in [0.4, 0.5) is 11.4 Å². The SMILES string of the molecule is O=C(Nc1ccc(N2CCCC2)cc1)C1CC(=O)N(C2CCC2)C1. The van der Waals surface area contributed by atoms with E-state index in [4.69, 9.17) is 0 Å². The first-order valence-electron chi connectivity index (χ1n) is 9.16. The van der Waals surface area contributed by atoms with Crippen LogP contribution in [-0.4, -0.2) is 42.4 Å². The van der Waals surface area contributed by atoms with Gasteiger partial charge in [0.2, 0.25) is 11.8 Å². The first-order valence-corrected chi connectivity index (χ1v) is 9.16. The fourth-order valence-electron chi connectivity index (χ4n) is 3.93. The number of anilines is 2. The van der Waals surface area contributed by atoms with Crippen LogP contribution >= 0.6 is 0 Å². The van der Waals surface area contributed by atoms with E-state index in [1.54, 1.807) is 0 Å². The number of likely N-dealkylation sites (tertiary alicyclic amines) is 1. The molecule has 1 aromatic carbocycles. The zero-order valence-corrected chi connectivity index (χ0v) is 14.0. The molecular weight excluding hydrogens is 302 g/mol. The maximum Gasteiger partial charge on any atom is 0.229 e. The van der Waals surface area contributed by atoms with Gasteiger partial charge in [0.1, 0.15) is 0 Å². The highest BCUT2D eigenvalue weighted by Crippen LogP contribution is 2.31. The smallest absolute Gasteiger partial charge is 0.229 e. The van der Waals surface area contributed by atoms with Crippen molar-refractivity contribution >= 4 is 23.2 Å². The van der Waals surface area contributed by atoms with Crippen molar-refractivity contribution in [3.63, 3.8) is 0 Å². The van der Waals surface area contributed by atoms with Crippen LogP contribution in [0.5, 0.6) is 0 Å². The molecule has 3 fully saturated rings. The average molecular weight is 327 g/mol. The molecule has 1 aromatic rings. The van der Waals surface area contributed by atoms with Crippen molar-refractivity contribution in [2.45, 2.75) is 44.6 Å². The Hall–Kier alpha value is -2.04. The highest BCUT2D eigenvalue weighted by Gasteiger charge is 2.39. The summed E-state index contributed by atoms with van der Waals surface area (Å²) >= 11 is 0. The number of rotatable bonds is 4. The van der Waals surface area contributed by atoms with Gasteiger partial charge in [0, 0.05) is 43.5 Å². The summed E-state index contributed by atoms with van der Waals surface area (Å²) in [5.74, 6) is -0.0975. The van der Waals surface area contributed by atoms with E-state index in [-0.39, 0.29) is 17.7 Å². The Morgan fingerprint density at radius 1 is 1.04 bits per heavy atom. The molecular formula is C19H25N3O2. The van der Waals surface area contributed by atoms with E-state index >= 15 is 0 Å². The Kier molecular flexibility index (Phi) is 4.17. The van der Waals surface area contributed by atoms with Crippen molar-refractivity contribution < 1.29 is 9.59 Å². The zero-order chi connectivity index (χ0) is 16.5. The molecule has 2 amide bonds. The summed E-state index contributed by atoms with van der Waals surface area (Å²) < 4.78 is 0. The van der Waals surface area contributed by atoms with Crippen molar-refractivity contribution in [1.29, 1.82) is 0 Å². The van der Waals surface area contributed by atoms with Crippen LogP contribution in [0.2, 0.25) is 0 Å². The van der Waals surface area contributed by atoms with Crippen LogP contribution < -0.4 is 10.2 Å². The molecule has 1 atom stereocenters.